The Balaban J connectivity index is 2.63. The monoisotopic (exact) mass is 250 g/mol. The van der Waals surface area contributed by atoms with E-state index in [1.807, 2.05) is 13.8 Å². The van der Waals surface area contributed by atoms with Gasteiger partial charge in [0.2, 0.25) is 5.91 Å². The van der Waals surface area contributed by atoms with Gasteiger partial charge in [-0.05, 0) is 24.1 Å². The fraction of sp³-hybridized carbons (Fsp3) is 0.385. The molecule has 1 aromatic rings. The number of ether oxygens (including phenoxy) is 1. The van der Waals surface area contributed by atoms with E-state index in [9.17, 15) is 9.59 Å². The first-order valence-corrected chi connectivity index (χ1v) is 5.78. The van der Waals surface area contributed by atoms with Gasteiger partial charge >= 0.3 is 0 Å². The maximum absolute atomic E-state index is 11.7. The molecular formula is C13H18N2O3. The summed E-state index contributed by atoms with van der Waals surface area (Å²) in [4.78, 5) is 22.2. The van der Waals surface area contributed by atoms with Crippen molar-refractivity contribution in [1.82, 2.24) is 5.32 Å². The first-order valence-electron chi connectivity index (χ1n) is 5.78. The van der Waals surface area contributed by atoms with Crippen LogP contribution >= 0.6 is 0 Å². The normalized spacial score (nSPS) is 10.2. The van der Waals surface area contributed by atoms with Gasteiger partial charge in [-0.2, -0.15) is 0 Å². The van der Waals surface area contributed by atoms with Crippen LogP contribution in [0.15, 0.2) is 24.3 Å². The molecule has 1 aromatic carbocycles. The van der Waals surface area contributed by atoms with Crippen LogP contribution in [-0.4, -0.2) is 25.0 Å². The van der Waals surface area contributed by atoms with E-state index < -0.39 is 5.91 Å². The molecule has 0 spiro atoms. The van der Waals surface area contributed by atoms with Gasteiger partial charge in [0.1, 0.15) is 5.75 Å². The number of primary amides is 1. The second-order valence-electron chi connectivity index (χ2n) is 4.38. The van der Waals surface area contributed by atoms with E-state index in [0.29, 0.717) is 23.8 Å². The summed E-state index contributed by atoms with van der Waals surface area (Å²) in [5.41, 5.74) is 5.39. The van der Waals surface area contributed by atoms with Gasteiger partial charge in [0.15, 0.2) is 0 Å². The summed E-state index contributed by atoms with van der Waals surface area (Å²) in [7, 11) is 0. The van der Waals surface area contributed by atoms with Crippen LogP contribution in [-0.2, 0) is 4.79 Å². The molecule has 0 aliphatic rings. The highest BCUT2D eigenvalue weighted by Crippen LogP contribution is 2.14. The topological polar surface area (TPSA) is 81.4 Å². The van der Waals surface area contributed by atoms with Gasteiger partial charge in [0, 0.05) is 5.56 Å². The third-order valence-corrected chi connectivity index (χ3v) is 2.10. The molecule has 0 aliphatic carbocycles. The molecule has 0 bridgehead atoms. The summed E-state index contributed by atoms with van der Waals surface area (Å²) in [6, 6.07) is 6.80. The number of carbonyl (C=O) groups excluding carboxylic acids is 2. The summed E-state index contributed by atoms with van der Waals surface area (Å²) in [6.45, 7) is 4.51. The van der Waals surface area contributed by atoms with Crippen LogP contribution in [0.2, 0.25) is 0 Å². The van der Waals surface area contributed by atoms with Crippen LogP contribution in [0.25, 0.3) is 0 Å². The predicted octanol–water partition coefficient (Wildman–Crippen LogP) is 0.936. The summed E-state index contributed by atoms with van der Waals surface area (Å²) >= 11 is 0. The first-order chi connectivity index (χ1) is 8.49. The molecule has 0 saturated heterocycles. The van der Waals surface area contributed by atoms with Crippen molar-refractivity contribution in [1.29, 1.82) is 0 Å². The number of hydrogen-bond donors (Lipinski definition) is 2. The van der Waals surface area contributed by atoms with Gasteiger partial charge in [-0.3, -0.25) is 9.59 Å². The average Bonchev–Trinajstić information content (AvgIpc) is 2.33. The molecule has 0 fully saturated rings. The van der Waals surface area contributed by atoms with Crippen molar-refractivity contribution in [2.75, 3.05) is 13.2 Å². The lowest BCUT2D eigenvalue weighted by Gasteiger charge is -2.09. The standard InChI is InChI=1S/C13H18N2O3/c1-9(2)8-18-11-5-3-4-10(6-11)13(17)15-7-12(14)16/h3-6,9H,7-8H2,1-2H3,(H2,14,16)(H,15,17). The lowest BCUT2D eigenvalue weighted by atomic mass is 10.2. The number of nitrogens with one attached hydrogen (secondary N) is 1. The number of carbonyl (C=O) groups is 2. The van der Waals surface area contributed by atoms with Gasteiger partial charge in [-0.25, -0.2) is 0 Å². The number of nitrogens with two attached hydrogens (primary N) is 1. The van der Waals surface area contributed by atoms with Gasteiger partial charge in [-0.1, -0.05) is 19.9 Å². The highest BCUT2D eigenvalue weighted by Gasteiger charge is 2.07. The van der Waals surface area contributed by atoms with E-state index in [-0.39, 0.29) is 12.5 Å². The molecule has 1 rings (SSSR count). The fourth-order valence-corrected chi connectivity index (χ4v) is 1.26. The molecule has 5 heteroatoms. The number of amides is 2. The van der Waals surface area contributed by atoms with E-state index in [4.69, 9.17) is 10.5 Å². The van der Waals surface area contributed by atoms with Crippen molar-refractivity contribution in [2.45, 2.75) is 13.8 Å². The van der Waals surface area contributed by atoms with E-state index in [2.05, 4.69) is 5.32 Å². The minimum atomic E-state index is -0.574. The van der Waals surface area contributed by atoms with Crippen molar-refractivity contribution >= 4 is 11.8 Å². The Morgan fingerprint density at radius 3 is 2.72 bits per heavy atom. The lowest BCUT2D eigenvalue weighted by Crippen LogP contribution is -2.33. The summed E-state index contributed by atoms with van der Waals surface area (Å²) in [5.74, 6) is 0.132. The largest absolute Gasteiger partial charge is 0.493 e. The minimum Gasteiger partial charge on any atom is -0.493 e. The summed E-state index contributed by atoms with van der Waals surface area (Å²) < 4.78 is 5.51. The van der Waals surface area contributed by atoms with Crippen LogP contribution in [0.3, 0.4) is 0 Å². The third kappa shape index (κ3) is 4.86. The molecule has 3 N–H and O–H groups in total. The zero-order chi connectivity index (χ0) is 13.5. The first kappa shape index (κ1) is 14.0. The average molecular weight is 250 g/mol. The smallest absolute Gasteiger partial charge is 0.251 e. The van der Waals surface area contributed by atoms with E-state index in [1.54, 1.807) is 24.3 Å². The van der Waals surface area contributed by atoms with Crippen LogP contribution in [0.5, 0.6) is 5.75 Å². The molecular weight excluding hydrogens is 232 g/mol. The molecule has 0 saturated carbocycles. The van der Waals surface area contributed by atoms with Crippen molar-refractivity contribution in [3.63, 3.8) is 0 Å². The van der Waals surface area contributed by atoms with Crippen LogP contribution in [0.1, 0.15) is 24.2 Å². The molecule has 18 heavy (non-hydrogen) atoms. The molecule has 0 aromatic heterocycles. The zero-order valence-electron chi connectivity index (χ0n) is 10.6. The zero-order valence-corrected chi connectivity index (χ0v) is 10.6. The van der Waals surface area contributed by atoms with Crippen LogP contribution in [0.4, 0.5) is 0 Å². The highest BCUT2D eigenvalue weighted by atomic mass is 16.5. The van der Waals surface area contributed by atoms with Gasteiger partial charge in [0.25, 0.3) is 5.91 Å². The number of benzene rings is 1. The van der Waals surface area contributed by atoms with Crippen molar-refractivity contribution in [3.05, 3.63) is 29.8 Å². The number of hydrogen-bond acceptors (Lipinski definition) is 3. The Bertz CT molecular complexity index is 430. The minimum absolute atomic E-state index is 0.171. The third-order valence-electron chi connectivity index (χ3n) is 2.10. The maximum atomic E-state index is 11.7. The van der Waals surface area contributed by atoms with E-state index in [1.165, 1.54) is 0 Å². The second kappa shape index (κ2) is 6.64. The summed E-state index contributed by atoms with van der Waals surface area (Å²) in [5, 5.41) is 2.42. The molecule has 0 heterocycles. The second-order valence-corrected chi connectivity index (χ2v) is 4.38. The van der Waals surface area contributed by atoms with Crippen molar-refractivity contribution in [3.8, 4) is 5.75 Å². The van der Waals surface area contributed by atoms with E-state index >= 15 is 0 Å². The SMILES string of the molecule is CC(C)COc1cccc(C(=O)NCC(N)=O)c1. The molecule has 0 atom stereocenters. The Hall–Kier alpha value is -2.04. The molecule has 0 radical (unpaired) electrons. The Morgan fingerprint density at radius 1 is 1.39 bits per heavy atom. The number of rotatable bonds is 6. The maximum Gasteiger partial charge on any atom is 0.251 e. The molecule has 0 aliphatic heterocycles. The fourth-order valence-electron chi connectivity index (χ4n) is 1.26. The Morgan fingerprint density at radius 2 is 2.11 bits per heavy atom. The highest BCUT2D eigenvalue weighted by molar-refractivity contribution is 5.96. The van der Waals surface area contributed by atoms with Crippen molar-refractivity contribution in [2.24, 2.45) is 11.7 Å². The summed E-state index contributed by atoms with van der Waals surface area (Å²) in [6.07, 6.45) is 0. The van der Waals surface area contributed by atoms with Gasteiger partial charge < -0.3 is 15.8 Å². The van der Waals surface area contributed by atoms with Gasteiger partial charge in [0.05, 0.1) is 13.2 Å². The molecule has 5 nitrogen and oxygen atoms in total. The molecule has 98 valence electrons. The molecule has 2 amide bonds. The van der Waals surface area contributed by atoms with E-state index in [0.717, 1.165) is 0 Å². The van der Waals surface area contributed by atoms with Crippen molar-refractivity contribution < 1.29 is 14.3 Å². The van der Waals surface area contributed by atoms with Crippen LogP contribution < -0.4 is 15.8 Å². The molecule has 0 unspecified atom stereocenters. The quantitative estimate of drug-likeness (QED) is 0.788. The Labute approximate surface area is 106 Å². The predicted molar refractivity (Wildman–Crippen MR) is 68.3 cm³/mol. The van der Waals surface area contributed by atoms with Gasteiger partial charge in [-0.15, -0.1) is 0 Å². The lowest BCUT2D eigenvalue weighted by molar-refractivity contribution is -0.117. The Kier molecular flexibility index (Phi) is 5.17. The van der Waals surface area contributed by atoms with Crippen LogP contribution in [0, 0.1) is 5.92 Å².